The molecular weight excluding hydrogens is 362 g/mol. The molecule has 0 aliphatic heterocycles. The van der Waals surface area contributed by atoms with Crippen LogP contribution in [0.5, 0.6) is 0 Å². The lowest BCUT2D eigenvalue weighted by atomic mass is 9.86. The van der Waals surface area contributed by atoms with Crippen LogP contribution in [-0.2, 0) is 24.2 Å². The molecule has 0 radical (unpaired) electrons. The Labute approximate surface area is 171 Å². The first kappa shape index (κ1) is 18.9. The van der Waals surface area contributed by atoms with Gasteiger partial charge in [-0.3, -0.25) is 4.79 Å². The third-order valence-electron chi connectivity index (χ3n) is 5.79. The molecule has 1 heterocycles. The van der Waals surface area contributed by atoms with Crippen LogP contribution in [0.25, 0.3) is 0 Å². The minimum Gasteiger partial charge on any atom is -0.330 e. The summed E-state index contributed by atoms with van der Waals surface area (Å²) < 4.78 is 0. The molecule has 1 unspecified atom stereocenters. The number of thiophene rings is 1. The number of carbonyl (C=O) groups excluding carboxylic acids is 1. The van der Waals surface area contributed by atoms with Crippen LogP contribution in [0.1, 0.15) is 52.4 Å². The van der Waals surface area contributed by atoms with Gasteiger partial charge in [0.1, 0.15) is 0 Å². The SMILES string of the molecule is Cc1ccsc1CN(C(=O)CCc1ccccc1)C1CCCc2ccccc21. The van der Waals surface area contributed by atoms with Gasteiger partial charge in [-0.25, -0.2) is 0 Å². The maximum atomic E-state index is 13.4. The van der Waals surface area contributed by atoms with Gasteiger partial charge in [-0.1, -0.05) is 54.6 Å². The third-order valence-corrected chi connectivity index (χ3v) is 6.79. The van der Waals surface area contributed by atoms with Crippen LogP contribution in [0, 0.1) is 6.92 Å². The fraction of sp³-hybridized carbons (Fsp3) is 0.320. The molecule has 1 atom stereocenters. The average molecular weight is 390 g/mol. The highest BCUT2D eigenvalue weighted by Crippen LogP contribution is 2.36. The lowest BCUT2D eigenvalue weighted by Crippen LogP contribution is -2.36. The number of fused-ring (bicyclic) bond motifs is 1. The topological polar surface area (TPSA) is 20.3 Å². The Balaban J connectivity index is 1.59. The molecule has 28 heavy (non-hydrogen) atoms. The van der Waals surface area contributed by atoms with E-state index in [1.165, 1.54) is 27.1 Å². The highest BCUT2D eigenvalue weighted by molar-refractivity contribution is 7.10. The molecule has 0 fully saturated rings. The zero-order valence-corrected chi connectivity index (χ0v) is 17.3. The normalized spacial score (nSPS) is 15.8. The number of hydrogen-bond donors (Lipinski definition) is 0. The van der Waals surface area contributed by atoms with Crippen molar-refractivity contribution in [3.63, 3.8) is 0 Å². The molecule has 0 spiro atoms. The van der Waals surface area contributed by atoms with E-state index in [1.807, 2.05) is 18.2 Å². The van der Waals surface area contributed by atoms with Crippen molar-refractivity contribution >= 4 is 17.2 Å². The summed E-state index contributed by atoms with van der Waals surface area (Å²) in [5, 5.41) is 2.13. The maximum absolute atomic E-state index is 13.4. The molecule has 0 bridgehead atoms. The van der Waals surface area contributed by atoms with E-state index in [1.54, 1.807) is 11.3 Å². The van der Waals surface area contributed by atoms with Crippen molar-refractivity contribution in [1.29, 1.82) is 0 Å². The van der Waals surface area contributed by atoms with Gasteiger partial charge in [0, 0.05) is 11.3 Å². The zero-order chi connectivity index (χ0) is 19.3. The van der Waals surface area contributed by atoms with Crippen molar-refractivity contribution in [3.8, 4) is 0 Å². The molecule has 1 amide bonds. The van der Waals surface area contributed by atoms with Gasteiger partial charge in [0.05, 0.1) is 12.6 Å². The number of rotatable bonds is 6. The summed E-state index contributed by atoms with van der Waals surface area (Å²) >= 11 is 1.76. The van der Waals surface area contributed by atoms with E-state index in [2.05, 4.69) is 59.7 Å². The number of hydrogen-bond acceptors (Lipinski definition) is 2. The second-order valence-electron chi connectivity index (χ2n) is 7.64. The molecule has 1 aromatic heterocycles. The van der Waals surface area contributed by atoms with E-state index in [0.717, 1.165) is 32.2 Å². The molecule has 1 aliphatic rings. The number of amides is 1. The first-order valence-corrected chi connectivity index (χ1v) is 11.0. The molecule has 0 saturated carbocycles. The Morgan fingerprint density at radius 2 is 1.86 bits per heavy atom. The Morgan fingerprint density at radius 1 is 1.07 bits per heavy atom. The summed E-state index contributed by atoms with van der Waals surface area (Å²) in [6.07, 6.45) is 4.68. The van der Waals surface area contributed by atoms with E-state index < -0.39 is 0 Å². The molecule has 0 N–H and O–H groups in total. The van der Waals surface area contributed by atoms with Crippen LogP contribution in [-0.4, -0.2) is 10.8 Å². The van der Waals surface area contributed by atoms with Crippen molar-refractivity contribution in [2.45, 2.75) is 51.6 Å². The Bertz CT molecular complexity index is 930. The van der Waals surface area contributed by atoms with Gasteiger partial charge < -0.3 is 4.90 Å². The maximum Gasteiger partial charge on any atom is 0.223 e. The van der Waals surface area contributed by atoms with E-state index in [4.69, 9.17) is 0 Å². The average Bonchev–Trinajstić information content (AvgIpc) is 3.15. The molecule has 1 aliphatic carbocycles. The Hall–Kier alpha value is -2.39. The second kappa shape index (κ2) is 8.74. The lowest BCUT2D eigenvalue weighted by Gasteiger charge is -2.36. The molecule has 2 nitrogen and oxygen atoms in total. The third kappa shape index (κ3) is 4.20. The molecular formula is C25H27NOS. The van der Waals surface area contributed by atoms with E-state index in [9.17, 15) is 4.79 Å². The largest absolute Gasteiger partial charge is 0.330 e. The minimum atomic E-state index is 0.190. The highest BCUT2D eigenvalue weighted by Gasteiger charge is 2.29. The number of benzene rings is 2. The van der Waals surface area contributed by atoms with Crippen molar-refractivity contribution in [3.05, 3.63) is 93.2 Å². The first-order chi connectivity index (χ1) is 13.7. The Morgan fingerprint density at radius 3 is 2.64 bits per heavy atom. The molecule has 4 rings (SSSR count). The quantitative estimate of drug-likeness (QED) is 0.499. The van der Waals surface area contributed by atoms with Crippen molar-refractivity contribution in [2.75, 3.05) is 0 Å². The van der Waals surface area contributed by atoms with Crippen molar-refractivity contribution in [1.82, 2.24) is 4.90 Å². The Kier molecular flexibility index (Phi) is 5.92. The predicted octanol–water partition coefficient (Wildman–Crippen LogP) is 6.10. The van der Waals surface area contributed by atoms with E-state index >= 15 is 0 Å². The summed E-state index contributed by atoms with van der Waals surface area (Å²) in [4.78, 5) is 16.8. The van der Waals surface area contributed by atoms with Crippen LogP contribution in [0.3, 0.4) is 0 Å². The number of aryl methyl sites for hydroxylation is 3. The van der Waals surface area contributed by atoms with Crippen molar-refractivity contribution < 1.29 is 4.79 Å². The highest BCUT2D eigenvalue weighted by atomic mass is 32.1. The lowest BCUT2D eigenvalue weighted by molar-refractivity contribution is -0.134. The van der Waals surface area contributed by atoms with Crippen LogP contribution in [0.2, 0.25) is 0 Å². The minimum absolute atomic E-state index is 0.190. The summed E-state index contributed by atoms with van der Waals surface area (Å²) in [6, 6.07) is 21.4. The van der Waals surface area contributed by atoms with Gasteiger partial charge in [0.25, 0.3) is 0 Å². The van der Waals surface area contributed by atoms with E-state index in [-0.39, 0.29) is 11.9 Å². The molecule has 144 valence electrons. The standard InChI is InChI=1S/C25H27NOS/c1-19-16-17-28-24(19)18-26(25(27)15-14-20-8-3-2-4-9-20)23-13-7-11-21-10-5-6-12-22(21)23/h2-6,8-10,12,16-17,23H,7,11,13-15,18H2,1H3. The van der Waals surface area contributed by atoms with Gasteiger partial charge in [-0.15, -0.1) is 11.3 Å². The summed E-state index contributed by atoms with van der Waals surface area (Å²) in [5.74, 6) is 0.262. The van der Waals surface area contributed by atoms with Crippen LogP contribution in [0.15, 0.2) is 66.0 Å². The predicted molar refractivity (Wildman–Crippen MR) is 116 cm³/mol. The molecule has 0 saturated heterocycles. The van der Waals surface area contributed by atoms with Gasteiger partial charge in [-0.05, 0) is 66.3 Å². The van der Waals surface area contributed by atoms with Crippen LogP contribution >= 0.6 is 11.3 Å². The second-order valence-corrected chi connectivity index (χ2v) is 8.64. The number of carbonyl (C=O) groups is 1. The van der Waals surface area contributed by atoms with Crippen LogP contribution < -0.4 is 0 Å². The van der Waals surface area contributed by atoms with Gasteiger partial charge >= 0.3 is 0 Å². The van der Waals surface area contributed by atoms with Crippen LogP contribution in [0.4, 0.5) is 0 Å². The summed E-state index contributed by atoms with van der Waals surface area (Å²) in [5.41, 5.74) is 5.26. The number of nitrogens with zero attached hydrogens (tertiary/aromatic N) is 1. The monoisotopic (exact) mass is 389 g/mol. The van der Waals surface area contributed by atoms with Crippen molar-refractivity contribution in [2.24, 2.45) is 0 Å². The fourth-order valence-corrected chi connectivity index (χ4v) is 5.09. The van der Waals surface area contributed by atoms with Gasteiger partial charge in [0.2, 0.25) is 5.91 Å². The van der Waals surface area contributed by atoms with Gasteiger partial charge in [0.15, 0.2) is 0 Å². The first-order valence-electron chi connectivity index (χ1n) is 10.2. The van der Waals surface area contributed by atoms with E-state index in [0.29, 0.717) is 6.42 Å². The molecule has 3 aromatic rings. The van der Waals surface area contributed by atoms with Gasteiger partial charge in [-0.2, -0.15) is 0 Å². The summed E-state index contributed by atoms with van der Waals surface area (Å²) in [7, 11) is 0. The molecule has 2 aromatic carbocycles. The molecule has 3 heteroatoms. The summed E-state index contributed by atoms with van der Waals surface area (Å²) in [6.45, 7) is 2.86. The fourth-order valence-electron chi connectivity index (χ4n) is 4.18. The zero-order valence-electron chi connectivity index (χ0n) is 16.4. The smallest absolute Gasteiger partial charge is 0.223 e.